The maximum atomic E-state index is 9.27. The van der Waals surface area contributed by atoms with Gasteiger partial charge in [-0.1, -0.05) is 111 Å². The number of hydrogen-bond donors (Lipinski definition) is 0. The zero-order valence-corrected chi connectivity index (χ0v) is 38.5. The second-order valence-electron chi connectivity index (χ2n) is 17.0. The number of aryl methyl sites for hydroxylation is 2. The van der Waals surface area contributed by atoms with Gasteiger partial charge in [-0.05, 0) is 84.4 Å². The van der Waals surface area contributed by atoms with E-state index in [1.807, 2.05) is 138 Å². The molecule has 0 aliphatic carbocycles. The molecule has 0 atom stereocenters. The summed E-state index contributed by atoms with van der Waals surface area (Å²) in [5.41, 5.74) is 11.7. The molecule has 0 amide bonds. The summed E-state index contributed by atoms with van der Waals surface area (Å²) in [7, 11) is -1.70. The molecule has 0 aliphatic heterocycles. The third-order valence-electron chi connectivity index (χ3n) is 10.1. The molecule has 9 rings (SSSR count). The number of pyridine rings is 2. The number of aromatic nitrogens is 4. The van der Waals surface area contributed by atoms with E-state index >= 15 is 0 Å². The Morgan fingerprint density at radius 2 is 1.55 bits per heavy atom. The first kappa shape index (κ1) is 39.5. The number of rotatable bonds is 6. The van der Waals surface area contributed by atoms with Crippen LogP contribution in [0.3, 0.4) is 0 Å². The summed E-state index contributed by atoms with van der Waals surface area (Å²) in [6.07, 6.45) is 0.469. The van der Waals surface area contributed by atoms with Crippen molar-refractivity contribution < 1.29 is 27.3 Å². The van der Waals surface area contributed by atoms with Gasteiger partial charge in [-0.2, -0.15) is 5.26 Å². The normalized spacial score (nSPS) is 12.3. The summed E-state index contributed by atoms with van der Waals surface area (Å²) in [5.74, 6) is 0.756. The Morgan fingerprint density at radius 3 is 2.23 bits per heavy atom. The van der Waals surface area contributed by atoms with E-state index in [2.05, 4.69) is 76.6 Å². The Balaban J connectivity index is 0.000000208. The fraction of sp³-hybridized carbons (Fsp3) is 0.192. The van der Waals surface area contributed by atoms with Crippen molar-refractivity contribution >= 4 is 46.2 Å². The van der Waals surface area contributed by atoms with Crippen molar-refractivity contribution in [2.75, 3.05) is 0 Å². The summed E-state index contributed by atoms with van der Waals surface area (Å²) >= 11 is 0. The summed E-state index contributed by atoms with van der Waals surface area (Å²) in [6.45, 7) is 16.6. The third-order valence-corrected chi connectivity index (χ3v) is 12.1. The number of furan rings is 1. The number of para-hydroxylation sites is 3. The molecular formula is C52H47IrN5OSi-2. The molecule has 0 spiro atoms. The van der Waals surface area contributed by atoms with Gasteiger partial charge in [-0.25, -0.2) is 0 Å². The standard InChI is InChI=1S/C33H21N4O.C19H26NSi.Ir/c1-20-17-24(18-21(2)35-20)37-29-9-5-4-8-28(29)36-33(37)27-16-15-25(23-13-11-22(19-34)12-14-23)31-26-7-3-6-10-30(26)38-32(27)31;1-19(2,3)13-16-12-17(15-10-8-7-9-11-15)20-14-18(16)21(4,5)6;/h3-15,17-18H,1-2H3;7-10,12,14H,13H2,1-6H3;/q2*-1;/i;13D2;. The molecule has 0 N–H and O–H groups in total. The van der Waals surface area contributed by atoms with Gasteiger partial charge in [0.05, 0.1) is 42.1 Å². The number of nitrogens with zero attached hydrogens (tertiary/aromatic N) is 5. The van der Waals surface area contributed by atoms with Crippen molar-refractivity contribution in [2.45, 2.75) is 60.6 Å². The van der Waals surface area contributed by atoms with Gasteiger partial charge in [-0.3, -0.25) is 9.97 Å². The average Bonchev–Trinajstić information content (AvgIpc) is 3.82. The number of imidazole rings is 1. The van der Waals surface area contributed by atoms with Gasteiger partial charge in [0.2, 0.25) is 0 Å². The van der Waals surface area contributed by atoms with E-state index < -0.39 is 19.9 Å². The van der Waals surface area contributed by atoms with Crippen molar-refractivity contribution in [3.05, 3.63) is 162 Å². The van der Waals surface area contributed by atoms with Crippen molar-refractivity contribution in [1.29, 1.82) is 5.26 Å². The zero-order chi connectivity index (χ0) is 43.3. The fourth-order valence-electron chi connectivity index (χ4n) is 7.55. The van der Waals surface area contributed by atoms with Crippen molar-refractivity contribution in [3.8, 4) is 45.5 Å². The van der Waals surface area contributed by atoms with E-state index in [-0.39, 0.29) is 20.1 Å². The van der Waals surface area contributed by atoms with E-state index in [1.165, 1.54) is 0 Å². The molecule has 0 bridgehead atoms. The van der Waals surface area contributed by atoms with Crippen LogP contribution in [0.2, 0.25) is 19.6 Å². The number of fused-ring (bicyclic) bond motifs is 4. The fourth-order valence-corrected chi connectivity index (χ4v) is 8.94. The molecule has 0 saturated carbocycles. The Hall–Kier alpha value is -5.97. The van der Waals surface area contributed by atoms with Crippen molar-refractivity contribution in [1.82, 2.24) is 19.5 Å². The molecule has 4 aromatic heterocycles. The van der Waals surface area contributed by atoms with E-state index in [1.54, 1.807) is 0 Å². The SMILES string of the molecule is Cc1cc(-n2c(-c3[c-]cc(-c4ccc(C#N)cc4)c4c3oc3ccccc34)nc3ccccc32)cc(C)n1.[2H]C([2H])(c1cc(-c2[c-]cccc2)ncc1[Si](C)(C)C)C(C)(C)C.[Ir]. The molecule has 0 fully saturated rings. The van der Waals surface area contributed by atoms with E-state index in [0.717, 1.165) is 94.6 Å². The van der Waals surface area contributed by atoms with Crippen LogP contribution in [0.5, 0.6) is 0 Å². The average molecular weight is 980 g/mol. The summed E-state index contributed by atoms with van der Waals surface area (Å²) < 4.78 is 26.2. The zero-order valence-electron chi connectivity index (χ0n) is 37.1. The minimum atomic E-state index is -1.70. The van der Waals surface area contributed by atoms with Crippen LogP contribution in [0.25, 0.3) is 72.4 Å². The molecule has 301 valence electrons. The van der Waals surface area contributed by atoms with Gasteiger partial charge in [0, 0.05) is 51.5 Å². The smallest absolute Gasteiger partial charge is 0.120 e. The van der Waals surface area contributed by atoms with Gasteiger partial charge in [0.25, 0.3) is 0 Å². The second-order valence-corrected chi connectivity index (χ2v) is 22.0. The molecule has 0 aliphatic rings. The third kappa shape index (κ3) is 8.67. The van der Waals surface area contributed by atoms with Gasteiger partial charge >= 0.3 is 0 Å². The van der Waals surface area contributed by atoms with Crippen molar-refractivity contribution in [3.63, 3.8) is 0 Å². The number of hydrogen-bond acceptors (Lipinski definition) is 5. The molecule has 0 saturated heterocycles. The molecule has 0 unspecified atom stereocenters. The van der Waals surface area contributed by atoms with Crippen molar-refractivity contribution in [2.24, 2.45) is 5.41 Å². The van der Waals surface area contributed by atoms with Crippen LogP contribution in [0.1, 0.15) is 46.0 Å². The van der Waals surface area contributed by atoms with Crippen LogP contribution in [0, 0.1) is 42.7 Å². The minimum absolute atomic E-state index is 0. The Labute approximate surface area is 370 Å². The second kappa shape index (κ2) is 16.9. The number of benzene rings is 5. The first-order valence-electron chi connectivity index (χ1n) is 20.8. The summed E-state index contributed by atoms with van der Waals surface area (Å²) in [6, 6.07) is 48.5. The van der Waals surface area contributed by atoms with Gasteiger partial charge in [0.1, 0.15) is 5.58 Å². The van der Waals surface area contributed by atoms with Crippen LogP contribution in [0.15, 0.2) is 132 Å². The van der Waals surface area contributed by atoms with E-state index in [9.17, 15) is 5.26 Å². The predicted molar refractivity (Wildman–Crippen MR) is 245 cm³/mol. The van der Waals surface area contributed by atoms with Crippen LogP contribution >= 0.6 is 0 Å². The first-order valence-corrected chi connectivity index (χ1v) is 23.3. The maximum Gasteiger partial charge on any atom is 0.120 e. The number of nitriles is 1. The van der Waals surface area contributed by atoms with Crippen LogP contribution < -0.4 is 5.19 Å². The summed E-state index contributed by atoms with van der Waals surface area (Å²) in [5, 5.41) is 12.4. The van der Waals surface area contributed by atoms with Crippen LogP contribution in [-0.4, -0.2) is 27.6 Å². The Morgan fingerprint density at radius 1 is 0.850 bits per heavy atom. The van der Waals surface area contributed by atoms with Crippen LogP contribution in [-0.2, 0) is 26.5 Å². The molecule has 1 radical (unpaired) electrons. The topological polar surface area (TPSA) is 80.5 Å². The molecule has 60 heavy (non-hydrogen) atoms. The molecule has 4 heterocycles. The summed E-state index contributed by atoms with van der Waals surface area (Å²) in [4.78, 5) is 14.3. The largest absolute Gasteiger partial charge is 0.501 e. The van der Waals surface area contributed by atoms with Crippen LogP contribution in [0.4, 0.5) is 0 Å². The Kier molecular flexibility index (Phi) is 11.2. The van der Waals surface area contributed by atoms with E-state index in [0.29, 0.717) is 5.56 Å². The first-order chi connectivity index (χ1) is 29.0. The molecule has 9 aromatic rings. The maximum absolute atomic E-state index is 9.27. The van der Waals surface area contributed by atoms with Gasteiger partial charge in [0.15, 0.2) is 0 Å². The molecule has 5 aromatic carbocycles. The van der Waals surface area contributed by atoms with Gasteiger partial charge in [-0.15, -0.1) is 48.0 Å². The molecule has 6 nitrogen and oxygen atoms in total. The van der Waals surface area contributed by atoms with E-state index in [4.69, 9.17) is 12.1 Å². The molecular weight excluding hydrogens is 931 g/mol. The van der Waals surface area contributed by atoms with Gasteiger partial charge < -0.3 is 14.0 Å². The minimum Gasteiger partial charge on any atom is -0.501 e. The predicted octanol–water partition coefficient (Wildman–Crippen LogP) is 12.6. The molecule has 8 heteroatoms. The Bertz CT molecular complexity index is 3100. The quantitative estimate of drug-likeness (QED) is 0.122. The monoisotopic (exact) mass is 980 g/mol.